The molecule has 0 saturated heterocycles. The molecule has 2 heterocycles. The SMILES string of the molecule is CN=C(/C(=C\N)C(=O)N1CCc2c(nn(C)c2-c2cc(F)c(F)c(F)c2)[C@@H]1C)C1(C)CC1. The number of nitrogens with two attached hydrogens (primary N) is 1. The summed E-state index contributed by atoms with van der Waals surface area (Å²) >= 11 is 0. The average Bonchev–Trinajstić information content (AvgIpc) is 3.40. The zero-order valence-corrected chi connectivity index (χ0v) is 18.5. The maximum absolute atomic E-state index is 13.9. The molecule has 1 saturated carbocycles. The molecule has 0 spiro atoms. The van der Waals surface area contributed by atoms with Gasteiger partial charge in [0.1, 0.15) is 0 Å². The van der Waals surface area contributed by atoms with Crippen LogP contribution < -0.4 is 5.73 Å². The number of carbonyl (C=O) groups excluding carboxylic acids is 1. The second-order valence-electron chi connectivity index (χ2n) is 8.73. The van der Waals surface area contributed by atoms with Gasteiger partial charge in [-0.15, -0.1) is 0 Å². The van der Waals surface area contributed by atoms with Gasteiger partial charge in [-0.1, -0.05) is 6.92 Å². The summed E-state index contributed by atoms with van der Waals surface area (Å²) in [6, 6.07) is 1.54. The molecular formula is C23H26F3N5O. The van der Waals surface area contributed by atoms with Gasteiger partial charge in [-0.05, 0) is 38.3 Å². The van der Waals surface area contributed by atoms with E-state index in [0.29, 0.717) is 35.6 Å². The van der Waals surface area contributed by atoms with Crippen molar-refractivity contribution in [1.29, 1.82) is 0 Å². The van der Waals surface area contributed by atoms with Crippen LogP contribution in [0.5, 0.6) is 0 Å². The molecule has 2 aliphatic rings. The van der Waals surface area contributed by atoms with E-state index in [1.807, 2.05) is 6.92 Å². The lowest BCUT2D eigenvalue weighted by Crippen LogP contribution is -2.42. The fraction of sp³-hybridized carbons (Fsp3) is 0.435. The third-order valence-electron chi connectivity index (χ3n) is 6.61. The smallest absolute Gasteiger partial charge is 0.257 e. The molecule has 9 heteroatoms. The largest absolute Gasteiger partial charge is 0.404 e. The molecule has 1 atom stereocenters. The zero-order chi connectivity index (χ0) is 23.4. The number of hydrogen-bond acceptors (Lipinski definition) is 4. The van der Waals surface area contributed by atoms with E-state index >= 15 is 0 Å². The Morgan fingerprint density at radius 3 is 2.44 bits per heavy atom. The summed E-state index contributed by atoms with van der Waals surface area (Å²) < 4.78 is 42.7. The highest BCUT2D eigenvalue weighted by atomic mass is 19.2. The van der Waals surface area contributed by atoms with Gasteiger partial charge in [-0.2, -0.15) is 5.10 Å². The van der Waals surface area contributed by atoms with Crippen molar-refractivity contribution in [3.05, 3.63) is 52.6 Å². The van der Waals surface area contributed by atoms with Gasteiger partial charge < -0.3 is 10.6 Å². The number of rotatable bonds is 4. The number of aliphatic imine (C=N–C) groups is 1. The van der Waals surface area contributed by atoms with E-state index < -0.39 is 17.5 Å². The molecule has 2 aromatic rings. The quantitative estimate of drug-likeness (QED) is 0.443. The monoisotopic (exact) mass is 445 g/mol. The van der Waals surface area contributed by atoms with Crippen molar-refractivity contribution in [2.24, 2.45) is 23.2 Å². The van der Waals surface area contributed by atoms with Crippen LogP contribution in [0, 0.1) is 22.9 Å². The molecule has 1 aliphatic carbocycles. The lowest BCUT2D eigenvalue weighted by atomic mass is 9.92. The summed E-state index contributed by atoms with van der Waals surface area (Å²) in [5.41, 5.74) is 8.95. The van der Waals surface area contributed by atoms with Crippen LogP contribution in [0.1, 0.15) is 44.0 Å². The molecule has 0 unspecified atom stereocenters. The summed E-state index contributed by atoms with van der Waals surface area (Å²) in [5.74, 6) is -4.24. The van der Waals surface area contributed by atoms with Crippen molar-refractivity contribution >= 4 is 11.6 Å². The van der Waals surface area contributed by atoms with Crippen LogP contribution in [0.25, 0.3) is 11.3 Å². The second kappa shape index (κ2) is 7.79. The molecule has 32 heavy (non-hydrogen) atoms. The van der Waals surface area contributed by atoms with Crippen molar-refractivity contribution in [3.63, 3.8) is 0 Å². The lowest BCUT2D eigenvalue weighted by molar-refractivity contribution is -0.129. The summed E-state index contributed by atoms with van der Waals surface area (Å²) in [5, 5.41) is 4.54. The first-order valence-electron chi connectivity index (χ1n) is 10.5. The minimum absolute atomic E-state index is 0.130. The van der Waals surface area contributed by atoms with Gasteiger partial charge in [0.15, 0.2) is 17.5 Å². The minimum Gasteiger partial charge on any atom is -0.404 e. The Kier molecular flexibility index (Phi) is 5.38. The van der Waals surface area contributed by atoms with Gasteiger partial charge in [-0.25, -0.2) is 13.2 Å². The van der Waals surface area contributed by atoms with Crippen LogP contribution in [0.2, 0.25) is 0 Å². The summed E-state index contributed by atoms with van der Waals surface area (Å²) in [6.07, 6.45) is 3.67. The highest BCUT2D eigenvalue weighted by molar-refractivity contribution is 6.24. The molecule has 2 N–H and O–H groups in total. The second-order valence-corrected chi connectivity index (χ2v) is 8.73. The molecule has 6 nitrogen and oxygen atoms in total. The fourth-order valence-electron chi connectivity index (χ4n) is 4.62. The molecule has 4 rings (SSSR count). The Labute approximate surface area is 184 Å². The molecule has 170 valence electrons. The Balaban J connectivity index is 1.69. The van der Waals surface area contributed by atoms with Crippen LogP contribution in [-0.4, -0.2) is 39.9 Å². The number of hydrogen-bond donors (Lipinski definition) is 1. The first-order valence-corrected chi connectivity index (χ1v) is 10.5. The van der Waals surface area contributed by atoms with E-state index in [4.69, 9.17) is 5.73 Å². The zero-order valence-electron chi connectivity index (χ0n) is 18.5. The van der Waals surface area contributed by atoms with Gasteiger partial charge >= 0.3 is 0 Å². The Bertz CT molecular complexity index is 1140. The number of fused-ring (bicyclic) bond motifs is 1. The molecule has 1 amide bonds. The predicted molar refractivity (Wildman–Crippen MR) is 115 cm³/mol. The number of carbonyl (C=O) groups is 1. The molecule has 1 aromatic carbocycles. The van der Waals surface area contributed by atoms with Crippen LogP contribution >= 0.6 is 0 Å². The normalized spacial score (nSPS) is 20.3. The number of benzene rings is 1. The van der Waals surface area contributed by atoms with Crippen LogP contribution in [-0.2, 0) is 18.3 Å². The summed E-state index contributed by atoms with van der Waals surface area (Å²) in [7, 11) is 3.33. The first-order chi connectivity index (χ1) is 15.1. The van der Waals surface area contributed by atoms with E-state index in [-0.39, 0.29) is 22.9 Å². The van der Waals surface area contributed by atoms with Gasteiger partial charge in [-0.3, -0.25) is 14.5 Å². The van der Waals surface area contributed by atoms with Crippen molar-refractivity contribution in [3.8, 4) is 11.3 Å². The maximum atomic E-state index is 13.9. The van der Waals surface area contributed by atoms with Gasteiger partial charge in [0.2, 0.25) is 0 Å². The van der Waals surface area contributed by atoms with Gasteiger partial charge in [0.25, 0.3) is 5.91 Å². The van der Waals surface area contributed by atoms with Crippen molar-refractivity contribution < 1.29 is 18.0 Å². The van der Waals surface area contributed by atoms with E-state index in [1.54, 1.807) is 19.0 Å². The topological polar surface area (TPSA) is 76.5 Å². The molecule has 0 bridgehead atoms. The average molecular weight is 445 g/mol. The number of nitrogens with zero attached hydrogens (tertiary/aromatic N) is 4. The van der Waals surface area contributed by atoms with Gasteiger partial charge in [0, 0.05) is 43.4 Å². The van der Waals surface area contributed by atoms with E-state index in [0.717, 1.165) is 30.5 Å². The molecule has 1 aliphatic heterocycles. The van der Waals surface area contributed by atoms with Crippen LogP contribution in [0.4, 0.5) is 13.2 Å². The minimum atomic E-state index is -1.51. The van der Waals surface area contributed by atoms with Crippen molar-refractivity contribution in [2.45, 2.75) is 39.2 Å². The maximum Gasteiger partial charge on any atom is 0.257 e. The fourth-order valence-corrected chi connectivity index (χ4v) is 4.62. The molecule has 1 fully saturated rings. The highest BCUT2D eigenvalue weighted by Gasteiger charge is 2.46. The summed E-state index contributed by atoms with van der Waals surface area (Å²) in [6.45, 7) is 4.30. The third kappa shape index (κ3) is 3.40. The Morgan fingerprint density at radius 2 is 1.91 bits per heavy atom. The summed E-state index contributed by atoms with van der Waals surface area (Å²) in [4.78, 5) is 19.5. The molecule has 1 aromatic heterocycles. The van der Waals surface area contributed by atoms with Gasteiger partial charge in [0.05, 0.1) is 28.7 Å². The number of aromatic nitrogens is 2. The standard InChI is InChI=1S/C23H26F3N5O/c1-12-19-14(20(30(4)29-19)13-9-16(24)18(26)17(25)10-13)5-8-31(12)22(32)15(11-27)21(28-3)23(2)6-7-23/h9-12H,5-8,27H2,1-4H3/b15-11+,28-21?/t12-/m0/s1. The van der Waals surface area contributed by atoms with E-state index in [9.17, 15) is 18.0 Å². The predicted octanol–water partition coefficient (Wildman–Crippen LogP) is 3.66. The first kappa shape index (κ1) is 22.1. The number of amides is 1. The van der Waals surface area contributed by atoms with Crippen molar-refractivity contribution in [1.82, 2.24) is 14.7 Å². The van der Waals surface area contributed by atoms with Crippen molar-refractivity contribution in [2.75, 3.05) is 13.6 Å². The molecule has 0 radical (unpaired) electrons. The number of halogens is 3. The third-order valence-corrected chi connectivity index (χ3v) is 6.61. The molecular weight excluding hydrogens is 419 g/mol. The number of aryl methyl sites for hydroxylation is 1. The Morgan fingerprint density at radius 1 is 1.28 bits per heavy atom. The lowest BCUT2D eigenvalue weighted by Gasteiger charge is -2.34. The Hall–Kier alpha value is -3.10. The van der Waals surface area contributed by atoms with Crippen LogP contribution in [0.3, 0.4) is 0 Å². The van der Waals surface area contributed by atoms with E-state index in [2.05, 4.69) is 17.0 Å². The van der Waals surface area contributed by atoms with E-state index in [1.165, 1.54) is 10.9 Å². The highest BCUT2D eigenvalue weighted by Crippen LogP contribution is 2.48. The van der Waals surface area contributed by atoms with Crippen LogP contribution in [0.15, 0.2) is 28.9 Å².